The van der Waals surface area contributed by atoms with Crippen molar-refractivity contribution in [2.45, 2.75) is 6.42 Å². The van der Waals surface area contributed by atoms with Gasteiger partial charge in [-0.25, -0.2) is 4.99 Å². The maximum Gasteiger partial charge on any atom is 0.310 e. The van der Waals surface area contributed by atoms with Gasteiger partial charge in [-0.05, 0) is 11.6 Å². The van der Waals surface area contributed by atoms with Crippen LogP contribution >= 0.6 is 11.6 Å². The first-order valence-corrected chi connectivity index (χ1v) is 5.77. The number of methoxy groups -OCH3 is 2. The molecule has 0 fully saturated rings. The Balaban J connectivity index is 3.20. The van der Waals surface area contributed by atoms with E-state index in [2.05, 4.69) is 9.73 Å². The van der Waals surface area contributed by atoms with Gasteiger partial charge in [-0.3, -0.25) is 4.79 Å². The number of hydrogen-bond acceptors (Lipinski definition) is 4. The lowest BCUT2D eigenvalue weighted by atomic mass is 10.1. The number of nitrogens with zero attached hydrogens (tertiary/aromatic N) is 1. The van der Waals surface area contributed by atoms with Crippen molar-refractivity contribution in [2.24, 2.45) is 10.7 Å². The van der Waals surface area contributed by atoms with Crippen molar-refractivity contribution in [1.82, 2.24) is 0 Å². The van der Waals surface area contributed by atoms with Gasteiger partial charge in [-0.2, -0.15) is 0 Å². The fourth-order valence-corrected chi connectivity index (χ4v) is 1.46. The zero-order valence-electron chi connectivity index (χ0n) is 10.3. The van der Waals surface area contributed by atoms with Crippen molar-refractivity contribution in [3.8, 4) is 5.75 Å². The molecule has 0 saturated heterocycles. The van der Waals surface area contributed by atoms with Crippen LogP contribution in [0.15, 0.2) is 23.2 Å². The number of ether oxygens (including phenoxy) is 2. The summed E-state index contributed by atoms with van der Waals surface area (Å²) in [6, 6.07) is 5.27. The average Bonchev–Trinajstić information content (AvgIpc) is 2.40. The van der Waals surface area contributed by atoms with Gasteiger partial charge >= 0.3 is 5.97 Å². The number of alkyl halides is 1. The number of esters is 1. The smallest absolute Gasteiger partial charge is 0.310 e. The highest BCUT2D eigenvalue weighted by Gasteiger charge is 2.12. The lowest BCUT2D eigenvalue weighted by Gasteiger charge is -2.10. The van der Waals surface area contributed by atoms with Gasteiger partial charge in [0, 0.05) is 0 Å². The minimum Gasteiger partial charge on any atom is -0.494 e. The molecule has 0 aromatic heterocycles. The standard InChI is InChI=1S/C12H15ClN2O3/c1-17-9-5-3-4-8(6-11(16)18-2)12(9)15-10(14)7-13/h3-5H,6-7H2,1-2H3,(H2,14,15). The van der Waals surface area contributed by atoms with Crippen LogP contribution in [0.2, 0.25) is 0 Å². The Morgan fingerprint density at radius 1 is 1.44 bits per heavy atom. The zero-order chi connectivity index (χ0) is 13.5. The summed E-state index contributed by atoms with van der Waals surface area (Å²) in [7, 11) is 2.85. The Morgan fingerprint density at radius 2 is 2.17 bits per heavy atom. The summed E-state index contributed by atoms with van der Waals surface area (Å²) in [5.74, 6) is 0.538. The first kappa shape index (κ1) is 14.3. The number of carbonyl (C=O) groups is 1. The van der Waals surface area contributed by atoms with Crippen LogP contribution in [-0.2, 0) is 16.0 Å². The van der Waals surface area contributed by atoms with Crippen LogP contribution in [0.5, 0.6) is 5.75 Å². The Labute approximate surface area is 111 Å². The van der Waals surface area contributed by atoms with E-state index in [4.69, 9.17) is 22.1 Å². The van der Waals surface area contributed by atoms with E-state index >= 15 is 0 Å². The lowest BCUT2D eigenvalue weighted by molar-refractivity contribution is -0.139. The van der Waals surface area contributed by atoms with Crippen LogP contribution < -0.4 is 10.5 Å². The number of halogens is 1. The topological polar surface area (TPSA) is 73.9 Å². The summed E-state index contributed by atoms with van der Waals surface area (Å²) in [6.45, 7) is 0. The fourth-order valence-electron chi connectivity index (χ4n) is 1.40. The minimum absolute atomic E-state index is 0.0993. The van der Waals surface area contributed by atoms with Crippen LogP contribution in [0.25, 0.3) is 0 Å². The molecular formula is C12H15ClN2O3. The number of rotatable bonds is 5. The third-order valence-corrected chi connectivity index (χ3v) is 2.53. The van der Waals surface area contributed by atoms with Gasteiger partial charge in [-0.1, -0.05) is 12.1 Å². The molecule has 5 nitrogen and oxygen atoms in total. The van der Waals surface area contributed by atoms with Crippen molar-refractivity contribution in [1.29, 1.82) is 0 Å². The number of para-hydroxylation sites is 1. The highest BCUT2D eigenvalue weighted by atomic mass is 35.5. The monoisotopic (exact) mass is 270 g/mol. The maximum atomic E-state index is 11.3. The Hall–Kier alpha value is -1.75. The van der Waals surface area contributed by atoms with Gasteiger partial charge in [0.15, 0.2) is 0 Å². The van der Waals surface area contributed by atoms with E-state index in [1.54, 1.807) is 18.2 Å². The molecule has 0 unspecified atom stereocenters. The Morgan fingerprint density at radius 3 is 2.72 bits per heavy atom. The number of benzene rings is 1. The molecule has 1 aromatic carbocycles. The number of nitrogens with two attached hydrogens (primary N) is 1. The highest BCUT2D eigenvalue weighted by Crippen LogP contribution is 2.31. The molecule has 6 heteroatoms. The molecule has 0 aliphatic heterocycles. The second-order valence-corrected chi connectivity index (χ2v) is 3.72. The predicted octanol–water partition coefficient (Wildman–Crippen LogP) is 1.64. The van der Waals surface area contributed by atoms with Crippen molar-refractivity contribution < 1.29 is 14.3 Å². The summed E-state index contributed by atoms with van der Waals surface area (Å²) in [6.07, 6.45) is 0.0993. The van der Waals surface area contributed by atoms with Gasteiger partial charge in [0.1, 0.15) is 17.3 Å². The van der Waals surface area contributed by atoms with Crippen molar-refractivity contribution >= 4 is 29.1 Å². The van der Waals surface area contributed by atoms with E-state index < -0.39 is 0 Å². The molecule has 2 N–H and O–H groups in total. The molecule has 0 amide bonds. The minimum atomic E-state index is -0.357. The largest absolute Gasteiger partial charge is 0.494 e. The van der Waals surface area contributed by atoms with Crippen molar-refractivity contribution in [2.75, 3.05) is 20.1 Å². The quantitative estimate of drug-likeness (QED) is 0.382. The number of amidine groups is 1. The fraction of sp³-hybridized carbons (Fsp3) is 0.333. The third kappa shape index (κ3) is 3.63. The molecule has 0 atom stereocenters. The van der Waals surface area contributed by atoms with Crippen LogP contribution in [-0.4, -0.2) is 31.9 Å². The molecule has 0 aliphatic carbocycles. The summed E-state index contributed by atoms with van der Waals surface area (Å²) in [4.78, 5) is 15.5. The molecule has 18 heavy (non-hydrogen) atoms. The van der Waals surface area contributed by atoms with Crippen LogP contribution in [0.1, 0.15) is 5.56 Å². The van der Waals surface area contributed by atoms with Crippen LogP contribution in [0, 0.1) is 0 Å². The molecule has 0 heterocycles. The van der Waals surface area contributed by atoms with E-state index in [0.717, 1.165) is 0 Å². The molecule has 0 aliphatic rings. The van der Waals surface area contributed by atoms with E-state index in [-0.39, 0.29) is 24.1 Å². The number of aliphatic imine (C=N–C) groups is 1. The van der Waals surface area contributed by atoms with E-state index in [1.165, 1.54) is 14.2 Å². The molecule has 98 valence electrons. The van der Waals surface area contributed by atoms with E-state index in [9.17, 15) is 4.79 Å². The van der Waals surface area contributed by atoms with Crippen molar-refractivity contribution in [3.05, 3.63) is 23.8 Å². The zero-order valence-corrected chi connectivity index (χ0v) is 11.0. The number of hydrogen-bond donors (Lipinski definition) is 1. The first-order chi connectivity index (χ1) is 8.62. The normalized spacial score (nSPS) is 11.2. The van der Waals surface area contributed by atoms with E-state index in [1.807, 2.05) is 0 Å². The lowest BCUT2D eigenvalue weighted by Crippen LogP contribution is -2.13. The van der Waals surface area contributed by atoms with Crippen LogP contribution in [0.4, 0.5) is 5.69 Å². The molecule has 0 spiro atoms. The molecule has 1 aromatic rings. The average molecular weight is 271 g/mol. The second kappa shape index (κ2) is 6.86. The Bertz CT molecular complexity index is 461. The molecule has 0 bridgehead atoms. The predicted molar refractivity (Wildman–Crippen MR) is 70.7 cm³/mol. The summed E-state index contributed by atoms with van der Waals surface area (Å²) < 4.78 is 9.82. The molecule has 0 saturated carbocycles. The summed E-state index contributed by atoms with van der Waals surface area (Å²) in [5, 5.41) is 0. The maximum absolute atomic E-state index is 11.3. The summed E-state index contributed by atoms with van der Waals surface area (Å²) in [5.41, 5.74) is 6.79. The van der Waals surface area contributed by atoms with Gasteiger partial charge in [-0.15, -0.1) is 11.6 Å². The van der Waals surface area contributed by atoms with Crippen LogP contribution in [0.3, 0.4) is 0 Å². The van der Waals surface area contributed by atoms with E-state index in [0.29, 0.717) is 17.0 Å². The van der Waals surface area contributed by atoms with Gasteiger partial charge in [0.2, 0.25) is 0 Å². The highest BCUT2D eigenvalue weighted by molar-refractivity contribution is 6.28. The Kier molecular flexibility index (Phi) is 5.45. The SMILES string of the molecule is COC(=O)Cc1cccc(OC)c1N=C(N)CCl. The second-order valence-electron chi connectivity index (χ2n) is 3.46. The van der Waals surface area contributed by atoms with Gasteiger partial charge in [0.05, 0.1) is 26.5 Å². The molecule has 0 radical (unpaired) electrons. The van der Waals surface area contributed by atoms with Crippen molar-refractivity contribution in [3.63, 3.8) is 0 Å². The molecular weight excluding hydrogens is 256 g/mol. The summed E-state index contributed by atoms with van der Waals surface area (Å²) >= 11 is 5.59. The first-order valence-electron chi connectivity index (χ1n) is 5.24. The van der Waals surface area contributed by atoms with Gasteiger partial charge < -0.3 is 15.2 Å². The number of carbonyl (C=O) groups excluding carboxylic acids is 1. The van der Waals surface area contributed by atoms with Gasteiger partial charge in [0.25, 0.3) is 0 Å². The third-order valence-electron chi connectivity index (χ3n) is 2.26. The molecule has 1 rings (SSSR count).